The van der Waals surface area contributed by atoms with Crippen molar-refractivity contribution in [2.24, 2.45) is 5.92 Å². The van der Waals surface area contributed by atoms with Gasteiger partial charge in [-0.25, -0.2) is 0 Å². The Kier molecular flexibility index (Phi) is 4.16. The van der Waals surface area contributed by atoms with Crippen LogP contribution in [0.5, 0.6) is 0 Å². The molecule has 112 valence electrons. The Labute approximate surface area is 128 Å². The summed E-state index contributed by atoms with van der Waals surface area (Å²) in [5.74, 6) is 0.888. The van der Waals surface area contributed by atoms with Crippen LogP contribution in [-0.4, -0.2) is 10.6 Å². The maximum absolute atomic E-state index is 3.75. The van der Waals surface area contributed by atoms with Gasteiger partial charge in [0.25, 0.3) is 0 Å². The number of rotatable bonds is 4. The van der Waals surface area contributed by atoms with Gasteiger partial charge in [-0.05, 0) is 62.8 Å². The lowest BCUT2D eigenvalue weighted by Crippen LogP contribution is -2.25. The molecule has 2 nitrogen and oxygen atoms in total. The third kappa shape index (κ3) is 3.06. The highest BCUT2D eigenvalue weighted by molar-refractivity contribution is 5.40. The predicted molar refractivity (Wildman–Crippen MR) is 88.9 cm³/mol. The molecule has 0 aliphatic heterocycles. The van der Waals surface area contributed by atoms with E-state index in [0.29, 0.717) is 6.04 Å². The normalized spacial score (nSPS) is 21.9. The monoisotopic (exact) mass is 282 g/mol. The van der Waals surface area contributed by atoms with Crippen molar-refractivity contribution < 1.29 is 0 Å². The first-order valence-corrected chi connectivity index (χ1v) is 8.11. The zero-order chi connectivity index (χ0) is 14.8. The fourth-order valence-corrected chi connectivity index (χ4v) is 3.63. The highest BCUT2D eigenvalue weighted by Gasteiger charge is 2.21. The number of hydrogen-bond acceptors (Lipinski definition) is 1. The molecule has 0 radical (unpaired) electrons. The average molecular weight is 282 g/mol. The summed E-state index contributed by atoms with van der Waals surface area (Å²) in [6.07, 6.45) is 4.04. The van der Waals surface area contributed by atoms with Crippen molar-refractivity contribution in [2.45, 2.75) is 52.6 Å². The molecule has 0 spiro atoms. The van der Waals surface area contributed by atoms with Crippen molar-refractivity contribution >= 4 is 0 Å². The van der Waals surface area contributed by atoms with Gasteiger partial charge in [-0.3, -0.25) is 0 Å². The summed E-state index contributed by atoms with van der Waals surface area (Å²) in [4.78, 5) is 0. The minimum Gasteiger partial charge on any atom is -0.318 e. The van der Waals surface area contributed by atoms with Crippen LogP contribution in [0.2, 0.25) is 0 Å². The van der Waals surface area contributed by atoms with Crippen molar-refractivity contribution in [3.05, 3.63) is 53.3 Å². The maximum atomic E-state index is 3.75. The SMILES string of the molecule is Cc1cc(CNC2CCC(C)C2)c(C)n1-c1ccccc1. The molecule has 0 saturated heterocycles. The Morgan fingerprint density at radius 3 is 2.57 bits per heavy atom. The van der Waals surface area contributed by atoms with E-state index in [9.17, 15) is 0 Å². The molecule has 1 fully saturated rings. The van der Waals surface area contributed by atoms with Crippen molar-refractivity contribution in [1.29, 1.82) is 0 Å². The van der Waals surface area contributed by atoms with Gasteiger partial charge in [0, 0.05) is 29.7 Å². The minimum absolute atomic E-state index is 0.708. The smallest absolute Gasteiger partial charge is 0.0455 e. The maximum Gasteiger partial charge on any atom is 0.0455 e. The number of nitrogens with one attached hydrogen (secondary N) is 1. The van der Waals surface area contributed by atoms with E-state index in [0.717, 1.165) is 12.5 Å². The standard InChI is InChI=1S/C19H26N2/c1-14-9-10-18(11-14)20-13-17-12-15(2)21(16(17)3)19-7-5-4-6-8-19/h4-8,12,14,18,20H,9-11,13H2,1-3H3. The van der Waals surface area contributed by atoms with Gasteiger partial charge in [-0.15, -0.1) is 0 Å². The summed E-state index contributed by atoms with van der Waals surface area (Å²) < 4.78 is 2.36. The zero-order valence-electron chi connectivity index (χ0n) is 13.4. The van der Waals surface area contributed by atoms with Gasteiger partial charge in [0.2, 0.25) is 0 Å². The fraction of sp³-hybridized carbons (Fsp3) is 0.474. The van der Waals surface area contributed by atoms with Gasteiger partial charge in [0.15, 0.2) is 0 Å². The van der Waals surface area contributed by atoms with E-state index in [1.54, 1.807) is 0 Å². The molecule has 2 atom stereocenters. The van der Waals surface area contributed by atoms with Crippen LogP contribution >= 0.6 is 0 Å². The molecule has 21 heavy (non-hydrogen) atoms. The molecular weight excluding hydrogens is 256 g/mol. The molecule has 0 bridgehead atoms. The van der Waals surface area contributed by atoms with Crippen LogP contribution in [0.3, 0.4) is 0 Å². The number of hydrogen-bond donors (Lipinski definition) is 1. The van der Waals surface area contributed by atoms with Crippen molar-refractivity contribution in [2.75, 3.05) is 0 Å². The summed E-state index contributed by atoms with van der Waals surface area (Å²) >= 11 is 0. The molecule has 0 amide bonds. The van der Waals surface area contributed by atoms with Crippen LogP contribution in [0.15, 0.2) is 36.4 Å². The molecule has 1 N–H and O–H groups in total. The number of benzene rings is 1. The topological polar surface area (TPSA) is 17.0 Å². The molecule has 1 aliphatic rings. The van der Waals surface area contributed by atoms with Crippen LogP contribution in [0.1, 0.15) is 43.1 Å². The second-order valence-corrected chi connectivity index (χ2v) is 6.56. The van der Waals surface area contributed by atoms with Gasteiger partial charge < -0.3 is 9.88 Å². The lowest BCUT2D eigenvalue weighted by molar-refractivity contribution is 0.501. The molecular formula is C19H26N2. The van der Waals surface area contributed by atoms with E-state index in [1.807, 2.05) is 0 Å². The highest BCUT2D eigenvalue weighted by atomic mass is 15.0. The summed E-state index contributed by atoms with van der Waals surface area (Å²) in [5, 5.41) is 3.75. The van der Waals surface area contributed by atoms with E-state index < -0.39 is 0 Å². The lowest BCUT2D eigenvalue weighted by atomic mass is 10.1. The summed E-state index contributed by atoms with van der Waals surface area (Å²) in [5.41, 5.74) is 5.36. The first kappa shape index (κ1) is 14.4. The van der Waals surface area contributed by atoms with E-state index in [2.05, 4.69) is 67.1 Å². The van der Waals surface area contributed by atoms with E-state index >= 15 is 0 Å². The van der Waals surface area contributed by atoms with E-state index in [1.165, 1.54) is 41.9 Å². The van der Waals surface area contributed by atoms with Crippen LogP contribution in [0.4, 0.5) is 0 Å². The van der Waals surface area contributed by atoms with Gasteiger partial charge in [0.05, 0.1) is 0 Å². The largest absolute Gasteiger partial charge is 0.318 e. The first-order valence-electron chi connectivity index (χ1n) is 8.11. The van der Waals surface area contributed by atoms with Crippen molar-refractivity contribution in [3.63, 3.8) is 0 Å². The Hall–Kier alpha value is -1.54. The van der Waals surface area contributed by atoms with Gasteiger partial charge >= 0.3 is 0 Å². The summed E-state index contributed by atoms with van der Waals surface area (Å²) in [6.45, 7) is 7.78. The second kappa shape index (κ2) is 6.07. The zero-order valence-corrected chi connectivity index (χ0v) is 13.4. The molecule has 1 aromatic heterocycles. The Morgan fingerprint density at radius 2 is 1.90 bits per heavy atom. The van der Waals surface area contributed by atoms with Crippen molar-refractivity contribution in [1.82, 2.24) is 9.88 Å². The van der Waals surface area contributed by atoms with E-state index in [4.69, 9.17) is 0 Å². The molecule has 3 rings (SSSR count). The van der Waals surface area contributed by atoms with Crippen LogP contribution < -0.4 is 5.32 Å². The van der Waals surface area contributed by atoms with Gasteiger partial charge in [-0.2, -0.15) is 0 Å². The average Bonchev–Trinajstić information content (AvgIpc) is 3.01. The number of para-hydroxylation sites is 1. The van der Waals surface area contributed by atoms with Crippen LogP contribution in [-0.2, 0) is 6.54 Å². The second-order valence-electron chi connectivity index (χ2n) is 6.56. The van der Waals surface area contributed by atoms with Crippen LogP contribution in [0, 0.1) is 19.8 Å². The molecule has 1 saturated carbocycles. The lowest BCUT2D eigenvalue weighted by Gasteiger charge is -2.13. The molecule has 2 aromatic rings. The molecule has 2 heteroatoms. The quantitative estimate of drug-likeness (QED) is 0.881. The Balaban J connectivity index is 1.75. The summed E-state index contributed by atoms with van der Waals surface area (Å²) in [7, 11) is 0. The van der Waals surface area contributed by atoms with Gasteiger partial charge in [-0.1, -0.05) is 25.1 Å². The third-order valence-corrected chi connectivity index (χ3v) is 4.83. The number of aryl methyl sites for hydroxylation is 1. The predicted octanol–water partition coefficient (Wildman–Crippen LogP) is 4.37. The molecule has 1 aliphatic carbocycles. The summed E-state index contributed by atoms with van der Waals surface area (Å²) in [6, 6.07) is 13.7. The Morgan fingerprint density at radius 1 is 1.14 bits per heavy atom. The van der Waals surface area contributed by atoms with Gasteiger partial charge in [0.1, 0.15) is 0 Å². The van der Waals surface area contributed by atoms with Crippen molar-refractivity contribution in [3.8, 4) is 5.69 Å². The number of nitrogens with zero attached hydrogens (tertiary/aromatic N) is 1. The molecule has 1 heterocycles. The third-order valence-electron chi connectivity index (χ3n) is 4.83. The Bertz CT molecular complexity index is 598. The first-order chi connectivity index (χ1) is 10.1. The number of aromatic nitrogens is 1. The van der Waals surface area contributed by atoms with Crippen LogP contribution in [0.25, 0.3) is 5.69 Å². The van der Waals surface area contributed by atoms with E-state index in [-0.39, 0.29) is 0 Å². The molecule has 1 aromatic carbocycles. The fourth-order valence-electron chi connectivity index (χ4n) is 3.63. The molecule has 2 unspecified atom stereocenters. The highest BCUT2D eigenvalue weighted by Crippen LogP contribution is 2.26. The minimum atomic E-state index is 0.708.